The van der Waals surface area contributed by atoms with Gasteiger partial charge in [-0.15, -0.1) is 0 Å². The lowest BCUT2D eigenvalue weighted by atomic mass is 9.92. The van der Waals surface area contributed by atoms with Crippen LogP contribution in [0.25, 0.3) is 0 Å². The predicted molar refractivity (Wildman–Crippen MR) is 509 cm³/mol. The van der Waals surface area contributed by atoms with Gasteiger partial charge in [-0.25, -0.2) is 0 Å². The summed E-state index contributed by atoms with van der Waals surface area (Å²) < 4.78 is 22.9. The van der Waals surface area contributed by atoms with E-state index in [2.05, 4.69) is 340 Å². The number of benzene rings is 6. The zero-order valence-electron chi connectivity index (χ0n) is 80.3. The average molecular weight is 1600 g/mol. The summed E-state index contributed by atoms with van der Waals surface area (Å²) >= 11 is 0. The van der Waals surface area contributed by atoms with Gasteiger partial charge in [-0.1, -0.05) is 267 Å². The van der Waals surface area contributed by atoms with Crippen LogP contribution in [0.4, 0.5) is 11.4 Å². The Kier molecular flexibility index (Phi) is 58.0. The van der Waals surface area contributed by atoms with E-state index in [1.807, 2.05) is 24.3 Å². The third kappa shape index (κ3) is 60.9. The summed E-state index contributed by atoms with van der Waals surface area (Å²) in [5.74, 6) is 16.5. The second-order valence-electron chi connectivity index (χ2n) is 39.9. The van der Waals surface area contributed by atoms with Gasteiger partial charge in [-0.3, -0.25) is 9.59 Å². The first-order valence-corrected chi connectivity index (χ1v) is 46.3. The molecule has 0 aliphatic rings. The number of ether oxygens (including phenoxy) is 4. The first-order chi connectivity index (χ1) is 54.6. The minimum Gasteiger partial charge on any atom is -0.494 e. The molecule has 0 heterocycles. The molecule has 0 saturated carbocycles. The SMILES string of the molecule is CC(C)CCC(=O)Nc1ccc(C[C@@H](C)CC(C)C)cc1.CC(C)CCC(=O)Nc1ccc(C[C@H](C)CC(C)C)cc1.CC(C)CCCOc1ccc(C[C@@H](C)CC(C)C)cc1.CC(C)CCOc1ccc(C[C@@H](C)CC(C)C)cc1.CC(C)COc1ccc(C[C@@H](C)CC(C)C)cc1.CC(C)C[C@H](C)Cc1ccc(OC(C)C)cc1. The number of nitrogens with one attached hydrogen (secondary N) is 2. The fourth-order valence-corrected chi connectivity index (χ4v) is 15.0. The van der Waals surface area contributed by atoms with Crippen molar-refractivity contribution in [3.05, 3.63) is 179 Å². The fraction of sp³-hybridized carbons (Fsp3) is 0.648. The van der Waals surface area contributed by atoms with Crippen molar-refractivity contribution in [3.8, 4) is 23.0 Å². The predicted octanol–water partition coefficient (Wildman–Crippen LogP) is 31.3. The average Bonchev–Trinajstić information content (AvgIpc) is 0.913. The lowest BCUT2D eigenvalue weighted by molar-refractivity contribution is -0.117. The van der Waals surface area contributed by atoms with Crippen molar-refractivity contribution in [2.75, 3.05) is 30.5 Å². The summed E-state index contributed by atoms with van der Waals surface area (Å²) in [6.07, 6.45) is 21.4. The Balaban J connectivity index is 0.000000697. The van der Waals surface area contributed by atoms with Gasteiger partial charge in [0.1, 0.15) is 23.0 Å². The van der Waals surface area contributed by atoms with Crippen LogP contribution in [0.1, 0.15) is 325 Å². The lowest BCUT2D eigenvalue weighted by Gasteiger charge is -2.14. The van der Waals surface area contributed by atoms with Crippen LogP contribution in [0.5, 0.6) is 23.0 Å². The van der Waals surface area contributed by atoms with Crippen molar-refractivity contribution < 1.29 is 28.5 Å². The van der Waals surface area contributed by atoms with Gasteiger partial charge in [0.25, 0.3) is 0 Å². The molecule has 6 rings (SSSR count). The summed E-state index contributed by atoms with van der Waals surface area (Å²) in [6.45, 7) is 69.8. The summed E-state index contributed by atoms with van der Waals surface area (Å²) in [4.78, 5) is 23.6. The second-order valence-corrected chi connectivity index (χ2v) is 39.9. The Labute approximate surface area is 716 Å². The van der Waals surface area contributed by atoms with Crippen molar-refractivity contribution in [3.63, 3.8) is 0 Å². The molecule has 8 heteroatoms. The van der Waals surface area contributed by atoms with Gasteiger partial charge in [0.2, 0.25) is 11.8 Å². The van der Waals surface area contributed by atoms with E-state index in [1.54, 1.807) is 0 Å². The van der Waals surface area contributed by atoms with Crippen LogP contribution in [0.15, 0.2) is 146 Å². The molecule has 0 aromatic heterocycles. The molecule has 2 amide bonds. The lowest BCUT2D eigenvalue weighted by Crippen LogP contribution is -2.12. The molecule has 6 aromatic carbocycles. The molecule has 8 nitrogen and oxygen atoms in total. The smallest absolute Gasteiger partial charge is 0.224 e. The third-order valence-corrected chi connectivity index (χ3v) is 19.9. The third-order valence-electron chi connectivity index (χ3n) is 19.9. The van der Waals surface area contributed by atoms with Crippen molar-refractivity contribution in [2.45, 2.75) is 336 Å². The summed E-state index contributed by atoms with van der Waals surface area (Å²) in [6, 6.07) is 51.1. The van der Waals surface area contributed by atoms with Gasteiger partial charge in [-0.05, 0) is 330 Å². The molecule has 0 spiro atoms. The first-order valence-electron chi connectivity index (χ1n) is 46.3. The number of anilines is 2. The van der Waals surface area contributed by atoms with Gasteiger partial charge in [-0.2, -0.15) is 0 Å². The van der Waals surface area contributed by atoms with Crippen molar-refractivity contribution in [2.24, 2.45) is 101 Å². The number of carbonyl (C=O) groups is 2. The van der Waals surface area contributed by atoms with E-state index in [1.165, 1.54) is 104 Å². The van der Waals surface area contributed by atoms with Crippen LogP contribution in [-0.2, 0) is 48.1 Å². The van der Waals surface area contributed by atoms with Crippen molar-refractivity contribution >= 4 is 23.2 Å². The molecule has 0 radical (unpaired) electrons. The van der Waals surface area contributed by atoms with E-state index in [4.69, 9.17) is 18.9 Å². The fourth-order valence-electron chi connectivity index (χ4n) is 15.0. The number of rotatable bonds is 46. The molecule has 116 heavy (non-hydrogen) atoms. The Morgan fingerprint density at radius 1 is 0.250 bits per heavy atom. The second kappa shape index (κ2) is 62.6. The standard InChI is InChI=1S/2C19H31NO.C19H32O.C18H30O.C17H28O.C16H26O/c2*1-14(2)6-11-19(21)20-18-9-7-17(8-10-18)13-16(5)12-15(3)4;1-15(2)7-6-12-20-19-10-8-18(9-11-19)14-17(5)13-16(3)4;1-14(2)10-11-19-18-8-6-17(7-9-18)13-16(5)12-15(3)4;1-13(2)10-15(5)11-16-6-8-17(9-7-16)18-12-14(3)4;1-12(2)10-14(5)11-15-6-8-16(9-7-15)17-13(3)4/h2*7-10,14-16H,6,11-13H2,1-5H3,(H,20,21);8-11,15-17H,6-7,12-14H2,1-5H3;6-9,14-16H,10-13H2,1-5H3;6-9,13-15H,10-12H2,1-5H3;6-9,12-14H,10-11H2,1-5H3/t2*16-;17-;16-;15-;14-/m100000/s1. The van der Waals surface area contributed by atoms with Gasteiger partial charge in [0, 0.05) is 24.2 Å². The Bertz CT molecular complexity index is 3240. The molecule has 0 fully saturated rings. The van der Waals surface area contributed by atoms with Crippen LogP contribution >= 0.6 is 0 Å². The van der Waals surface area contributed by atoms with Crippen LogP contribution < -0.4 is 29.6 Å². The number of amides is 2. The molecule has 656 valence electrons. The maximum Gasteiger partial charge on any atom is 0.224 e. The molecule has 2 N–H and O–H groups in total. The normalized spacial score (nSPS) is 12.9. The molecule has 0 saturated heterocycles. The van der Waals surface area contributed by atoms with Crippen LogP contribution in [0, 0.1) is 101 Å². The topological polar surface area (TPSA) is 95.1 Å². The number of hydrogen-bond donors (Lipinski definition) is 2. The van der Waals surface area contributed by atoms with Crippen molar-refractivity contribution in [1.29, 1.82) is 0 Å². The summed E-state index contributed by atoms with van der Waals surface area (Å²) in [5, 5.41) is 5.94. The molecule has 0 bridgehead atoms. The maximum atomic E-state index is 11.8. The molecule has 0 unspecified atom stereocenters. The minimum atomic E-state index is 0.115. The highest BCUT2D eigenvalue weighted by Crippen LogP contribution is 2.27. The monoisotopic (exact) mass is 1600 g/mol. The number of carbonyl (C=O) groups excluding carboxylic acids is 2. The van der Waals surface area contributed by atoms with Crippen LogP contribution in [0.3, 0.4) is 0 Å². The highest BCUT2D eigenvalue weighted by Gasteiger charge is 2.15. The summed E-state index contributed by atoms with van der Waals surface area (Å²) in [7, 11) is 0. The summed E-state index contributed by atoms with van der Waals surface area (Å²) in [5.41, 5.74) is 10.2. The largest absolute Gasteiger partial charge is 0.494 e. The quantitative estimate of drug-likeness (QED) is 0.0370. The Hall–Kier alpha value is -6.54. The Morgan fingerprint density at radius 2 is 0.483 bits per heavy atom. The number of hydrogen-bond acceptors (Lipinski definition) is 6. The van der Waals surface area contributed by atoms with Gasteiger partial charge < -0.3 is 29.6 Å². The first kappa shape index (κ1) is 107. The highest BCUT2D eigenvalue weighted by atomic mass is 16.5. The van der Waals surface area contributed by atoms with Crippen LogP contribution in [0.2, 0.25) is 0 Å². The molecule has 0 aliphatic heterocycles. The zero-order chi connectivity index (χ0) is 87.2. The van der Waals surface area contributed by atoms with Gasteiger partial charge >= 0.3 is 0 Å². The van der Waals surface area contributed by atoms with E-state index in [9.17, 15) is 9.59 Å². The van der Waals surface area contributed by atoms with E-state index in [0.29, 0.717) is 48.3 Å². The van der Waals surface area contributed by atoms with Gasteiger partial charge in [0.15, 0.2) is 0 Å². The Morgan fingerprint density at radius 3 is 0.716 bits per heavy atom. The molecular weight excluding hydrogens is 1420 g/mol. The van der Waals surface area contributed by atoms with Crippen molar-refractivity contribution in [1.82, 2.24) is 0 Å². The highest BCUT2D eigenvalue weighted by molar-refractivity contribution is 5.91. The molecule has 0 aliphatic carbocycles. The molecule has 6 aromatic rings. The van der Waals surface area contributed by atoms with Crippen LogP contribution in [-0.4, -0.2) is 37.7 Å². The van der Waals surface area contributed by atoms with E-state index in [-0.39, 0.29) is 17.9 Å². The van der Waals surface area contributed by atoms with E-state index in [0.717, 1.165) is 158 Å². The zero-order valence-corrected chi connectivity index (χ0v) is 80.3. The minimum absolute atomic E-state index is 0.115. The molecule has 6 atom stereocenters. The van der Waals surface area contributed by atoms with E-state index < -0.39 is 0 Å². The molecular formula is C108H178N2O6. The van der Waals surface area contributed by atoms with Gasteiger partial charge in [0.05, 0.1) is 25.9 Å². The maximum absolute atomic E-state index is 11.8. The van der Waals surface area contributed by atoms with E-state index >= 15 is 0 Å².